The van der Waals surface area contributed by atoms with Gasteiger partial charge in [0.1, 0.15) is 0 Å². The molecule has 0 aliphatic rings. The van der Waals surface area contributed by atoms with E-state index in [9.17, 15) is 4.79 Å². The highest BCUT2D eigenvalue weighted by Crippen LogP contribution is 2.38. The Morgan fingerprint density at radius 1 is 0.711 bits per heavy atom. The van der Waals surface area contributed by atoms with Crippen LogP contribution in [0.5, 0.6) is 17.2 Å². The normalized spacial score (nSPS) is 12.7. The van der Waals surface area contributed by atoms with Crippen LogP contribution < -0.4 is 24.8 Å². The van der Waals surface area contributed by atoms with Gasteiger partial charge in [-0.1, -0.05) is 84.9 Å². The number of benzene rings is 5. The van der Waals surface area contributed by atoms with Gasteiger partial charge in [0.05, 0.1) is 21.3 Å². The zero-order valence-electron chi connectivity index (χ0n) is 26.8. The molecule has 0 aliphatic carbocycles. The van der Waals surface area contributed by atoms with Crippen molar-refractivity contribution in [1.82, 2.24) is 15.5 Å². The van der Waals surface area contributed by atoms with Gasteiger partial charge in [-0.2, -0.15) is 0 Å². The molecule has 5 rings (SSSR count). The third-order valence-corrected chi connectivity index (χ3v) is 8.41. The van der Waals surface area contributed by atoms with Crippen LogP contribution in [0.1, 0.15) is 21.5 Å². The fraction of sp³-hybridized carbons (Fsp3) is 0.289. The molecule has 0 saturated heterocycles. The number of likely N-dealkylation sites (N-methyl/N-ethyl adjacent to an activating group) is 2. The fourth-order valence-corrected chi connectivity index (χ4v) is 6.05. The lowest BCUT2D eigenvalue weighted by Crippen LogP contribution is -2.49. The summed E-state index contributed by atoms with van der Waals surface area (Å²) in [6.07, 6.45) is 1.55. The maximum absolute atomic E-state index is 13.8. The first-order valence-electron chi connectivity index (χ1n) is 15.3. The monoisotopic (exact) mass is 605 g/mol. The number of ether oxygens (including phenoxy) is 3. The third-order valence-electron chi connectivity index (χ3n) is 8.41. The minimum Gasteiger partial charge on any atom is -0.493 e. The molecule has 0 unspecified atom stereocenters. The summed E-state index contributed by atoms with van der Waals surface area (Å²) in [4.78, 5) is 16.1. The molecule has 7 nitrogen and oxygen atoms in total. The molecule has 7 heteroatoms. The number of rotatable bonds is 14. The minimum absolute atomic E-state index is 0.168. The summed E-state index contributed by atoms with van der Waals surface area (Å²) in [7, 11) is 8.78. The molecule has 0 radical (unpaired) electrons. The fourth-order valence-electron chi connectivity index (χ4n) is 6.05. The molecule has 0 bridgehead atoms. The molecule has 234 valence electrons. The van der Waals surface area contributed by atoms with Gasteiger partial charge in [0.25, 0.3) is 5.91 Å². The van der Waals surface area contributed by atoms with Crippen molar-refractivity contribution in [2.24, 2.45) is 0 Å². The summed E-state index contributed by atoms with van der Waals surface area (Å²) in [5, 5.41) is 11.6. The van der Waals surface area contributed by atoms with Crippen molar-refractivity contribution in [3.8, 4) is 17.2 Å². The Bertz CT molecular complexity index is 1730. The number of nitrogens with one attached hydrogen (secondary N) is 2. The highest BCUT2D eigenvalue weighted by atomic mass is 16.5. The molecule has 0 spiro atoms. The van der Waals surface area contributed by atoms with Crippen LogP contribution in [0, 0.1) is 0 Å². The molecule has 0 heterocycles. The smallest absolute Gasteiger partial charge is 0.251 e. The molecule has 0 aromatic heterocycles. The molecule has 2 N–H and O–H groups in total. The zero-order valence-corrected chi connectivity index (χ0v) is 26.8. The topological polar surface area (TPSA) is 72.1 Å². The van der Waals surface area contributed by atoms with Crippen molar-refractivity contribution in [1.29, 1.82) is 0 Å². The molecule has 1 amide bonds. The second kappa shape index (κ2) is 14.9. The van der Waals surface area contributed by atoms with E-state index in [0.717, 1.165) is 18.5 Å². The zero-order chi connectivity index (χ0) is 31.8. The first-order chi connectivity index (χ1) is 21.9. The van der Waals surface area contributed by atoms with Crippen molar-refractivity contribution < 1.29 is 19.0 Å². The summed E-state index contributed by atoms with van der Waals surface area (Å²) in [5.41, 5.74) is 2.89. The van der Waals surface area contributed by atoms with Crippen molar-refractivity contribution in [3.63, 3.8) is 0 Å². The summed E-state index contributed by atoms with van der Waals surface area (Å²) in [6, 6.07) is 33.5. The average Bonchev–Trinajstić information content (AvgIpc) is 3.07. The third kappa shape index (κ3) is 7.74. The number of methoxy groups -OCH3 is 3. The standard InChI is InChI=1S/C38H43N3O4/c1-39-24-34(21-27-15-17-29-11-7-9-13-31(29)19-27)41(2)25-33(20-26-14-16-28-10-6-8-12-30(28)18-26)40-38(42)32-22-35(43-3)37(45-5)36(23-32)44-4/h6-19,22-23,33-34,39H,20-21,24-25H2,1-5H3,(H,40,42)/t33-,34+/m1/s1. The van der Waals surface area contributed by atoms with Gasteiger partial charge < -0.3 is 24.8 Å². The predicted molar refractivity (Wildman–Crippen MR) is 183 cm³/mol. The number of hydrogen-bond acceptors (Lipinski definition) is 6. The second-order valence-corrected chi connectivity index (χ2v) is 11.5. The lowest BCUT2D eigenvalue weighted by atomic mass is 9.98. The van der Waals surface area contributed by atoms with Gasteiger partial charge >= 0.3 is 0 Å². The molecule has 5 aromatic rings. The maximum atomic E-state index is 13.8. The number of hydrogen-bond donors (Lipinski definition) is 2. The van der Waals surface area contributed by atoms with Crippen molar-refractivity contribution in [2.45, 2.75) is 24.9 Å². The number of nitrogens with zero attached hydrogens (tertiary/aromatic N) is 1. The van der Waals surface area contributed by atoms with Crippen LogP contribution in [-0.2, 0) is 12.8 Å². The number of carbonyl (C=O) groups is 1. The number of carbonyl (C=O) groups excluding carboxylic acids is 1. The minimum atomic E-state index is -0.201. The van der Waals surface area contributed by atoms with Crippen LogP contribution >= 0.6 is 0 Å². The quantitative estimate of drug-likeness (QED) is 0.159. The highest BCUT2D eigenvalue weighted by molar-refractivity contribution is 5.96. The number of amides is 1. The van der Waals surface area contributed by atoms with Crippen LogP contribution in [0.3, 0.4) is 0 Å². The Labute approximate surface area is 266 Å². The summed E-state index contributed by atoms with van der Waals surface area (Å²) in [5.74, 6) is 1.13. The average molecular weight is 606 g/mol. The van der Waals surface area contributed by atoms with Crippen LogP contribution in [0.2, 0.25) is 0 Å². The van der Waals surface area contributed by atoms with E-state index in [1.165, 1.54) is 27.1 Å². The van der Waals surface area contributed by atoms with Gasteiger partial charge in [-0.25, -0.2) is 0 Å². The predicted octanol–water partition coefficient (Wildman–Crippen LogP) is 6.12. The molecular formula is C38H43N3O4. The van der Waals surface area contributed by atoms with Gasteiger partial charge in [0.2, 0.25) is 5.75 Å². The molecule has 45 heavy (non-hydrogen) atoms. The lowest BCUT2D eigenvalue weighted by molar-refractivity contribution is 0.0920. The maximum Gasteiger partial charge on any atom is 0.251 e. The molecule has 5 aromatic carbocycles. The molecule has 2 atom stereocenters. The molecule has 0 saturated carbocycles. The van der Waals surface area contributed by atoms with Crippen LogP contribution in [0.15, 0.2) is 97.1 Å². The van der Waals surface area contributed by atoms with Gasteiger partial charge in [0, 0.05) is 30.7 Å². The van der Waals surface area contributed by atoms with E-state index in [0.29, 0.717) is 35.8 Å². The lowest BCUT2D eigenvalue weighted by Gasteiger charge is -2.32. The van der Waals surface area contributed by atoms with Crippen LogP contribution in [0.25, 0.3) is 21.5 Å². The van der Waals surface area contributed by atoms with E-state index >= 15 is 0 Å². The molecule has 0 aliphatic heterocycles. The first kappa shape index (κ1) is 31.8. The highest BCUT2D eigenvalue weighted by Gasteiger charge is 2.23. The second-order valence-electron chi connectivity index (χ2n) is 11.5. The Morgan fingerprint density at radius 3 is 1.76 bits per heavy atom. The van der Waals surface area contributed by atoms with Crippen LogP contribution in [0.4, 0.5) is 0 Å². The Morgan fingerprint density at radius 2 is 1.24 bits per heavy atom. The molecule has 0 fully saturated rings. The first-order valence-corrected chi connectivity index (χ1v) is 15.3. The van der Waals surface area contributed by atoms with E-state index in [2.05, 4.69) is 108 Å². The van der Waals surface area contributed by atoms with Gasteiger partial charge in [-0.05, 0) is 71.7 Å². The summed E-state index contributed by atoms with van der Waals surface area (Å²) in [6.45, 7) is 1.47. The summed E-state index contributed by atoms with van der Waals surface area (Å²) >= 11 is 0. The van der Waals surface area contributed by atoms with Crippen molar-refractivity contribution in [2.75, 3.05) is 48.5 Å². The van der Waals surface area contributed by atoms with E-state index < -0.39 is 0 Å². The molecular weight excluding hydrogens is 562 g/mol. The largest absolute Gasteiger partial charge is 0.493 e. The van der Waals surface area contributed by atoms with Crippen LogP contribution in [-0.4, -0.2) is 71.4 Å². The Balaban J connectivity index is 1.41. The van der Waals surface area contributed by atoms with Gasteiger partial charge in [-0.15, -0.1) is 0 Å². The Hall–Kier alpha value is -4.59. The van der Waals surface area contributed by atoms with E-state index in [1.54, 1.807) is 33.5 Å². The SMILES string of the molecule is CNC[C@H](Cc1ccc2ccccc2c1)N(C)C[C@@H](Cc1ccc2ccccc2c1)NC(=O)c1cc(OC)c(OC)c(OC)c1. The van der Waals surface area contributed by atoms with Crippen molar-refractivity contribution in [3.05, 3.63) is 114 Å². The van der Waals surface area contributed by atoms with Gasteiger partial charge in [-0.3, -0.25) is 9.69 Å². The van der Waals surface area contributed by atoms with E-state index in [4.69, 9.17) is 14.2 Å². The summed E-state index contributed by atoms with van der Waals surface area (Å²) < 4.78 is 16.5. The van der Waals surface area contributed by atoms with E-state index in [-0.39, 0.29) is 18.0 Å². The van der Waals surface area contributed by atoms with Crippen molar-refractivity contribution >= 4 is 27.5 Å². The number of fused-ring (bicyclic) bond motifs is 2. The van der Waals surface area contributed by atoms with Gasteiger partial charge in [0.15, 0.2) is 11.5 Å². The Kier molecular flexibility index (Phi) is 10.6. The van der Waals surface area contributed by atoms with E-state index in [1.807, 2.05) is 7.05 Å².